The molecule has 8 heteroatoms. The van der Waals surface area contributed by atoms with Crippen LogP contribution in [-0.2, 0) is 0 Å². The number of piperidine rings is 1. The van der Waals surface area contributed by atoms with E-state index in [9.17, 15) is 9.90 Å². The first kappa shape index (κ1) is 16.8. The second-order valence-corrected chi connectivity index (χ2v) is 8.30. The van der Waals surface area contributed by atoms with E-state index in [0.717, 1.165) is 42.8 Å². The van der Waals surface area contributed by atoms with Gasteiger partial charge in [-0.05, 0) is 34.8 Å². The predicted molar refractivity (Wildman–Crippen MR) is 102 cm³/mol. The lowest BCUT2D eigenvalue weighted by Gasteiger charge is -2.46. The summed E-state index contributed by atoms with van der Waals surface area (Å²) < 4.78 is 7.15. The smallest absolute Gasteiger partial charge is 0.405 e. The van der Waals surface area contributed by atoms with E-state index in [2.05, 4.69) is 36.1 Å². The number of benzene rings is 1. The molecule has 3 aliphatic heterocycles. The lowest BCUT2D eigenvalue weighted by Crippen LogP contribution is -2.57. The average molecular weight is 431 g/mol. The fourth-order valence-electron chi connectivity index (χ4n) is 5.08. The molecule has 7 nitrogen and oxygen atoms in total. The zero-order valence-electron chi connectivity index (χ0n) is 14.5. The van der Waals surface area contributed by atoms with Crippen molar-refractivity contribution in [1.82, 2.24) is 15.3 Å². The summed E-state index contributed by atoms with van der Waals surface area (Å²) in [7, 11) is 0. The highest BCUT2D eigenvalue weighted by molar-refractivity contribution is 9.10. The number of fused-ring (bicyclic) bond motifs is 3. The van der Waals surface area contributed by atoms with E-state index in [4.69, 9.17) is 4.74 Å². The summed E-state index contributed by atoms with van der Waals surface area (Å²) in [6, 6.07) is 7.90. The van der Waals surface area contributed by atoms with Gasteiger partial charge in [-0.15, -0.1) is 0 Å². The number of rotatable bonds is 2. The number of ether oxygens (including phenoxy) is 1. The number of nitrogens with one attached hydrogen (secondary N) is 1. The topological polar surface area (TPSA) is 87.6 Å². The molecule has 27 heavy (non-hydrogen) atoms. The maximum Gasteiger partial charge on any atom is 0.405 e. The van der Waals surface area contributed by atoms with Crippen LogP contribution in [0, 0.1) is 0 Å². The lowest BCUT2D eigenvalue weighted by atomic mass is 9.79. The van der Waals surface area contributed by atoms with Crippen molar-refractivity contribution in [3.8, 4) is 5.75 Å². The molecule has 1 amide bonds. The van der Waals surface area contributed by atoms with Gasteiger partial charge < -0.3 is 20.1 Å². The minimum absolute atomic E-state index is 0.256. The number of hydrogen-bond donors (Lipinski definition) is 2. The number of amides is 1. The van der Waals surface area contributed by atoms with Crippen LogP contribution in [0.5, 0.6) is 5.75 Å². The lowest BCUT2D eigenvalue weighted by molar-refractivity contribution is 0.0168. The van der Waals surface area contributed by atoms with Gasteiger partial charge in [0.05, 0.1) is 12.4 Å². The van der Waals surface area contributed by atoms with E-state index in [1.807, 2.05) is 24.3 Å². The number of halogens is 1. The molecule has 0 unspecified atom stereocenters. The molecule has 1 spiro atoms. The Labute approximate surface area is 164 Å². The van der Waals surface area contributed by atoms with Crippen LogP contribution in [0.1, 0.15) is 37.3 Å². The molecule has 1 aromatic carbocycles. The standard InChI is InChI=1S/C19H19BrN4O3/c20-15-9-22-16(10-21-15)24-11-5-6-12(24)8-19(7-11)17(23-18(25)26)13-3-1-2-4-14(13)27-19/h1-4,9-12,17,23H,5-8H2,(H,25,26)/t11-,12+,17-,19-/m1/s1. The fraction of sp³-hybridized carbons (Fsp3) is 0.421. The van der Waals surface area contributed by atoms with Crippen molar-refractivity contribution in [2.24, 2.45) is 0 Å². The molecule has 4 atom stereocenters. The highest BCUT2D eigenvalue weighted by atomic mass is 79.9. The number of nitrogens with zero attached hydrogens (tertiary/aromatic N) is 3. The number of para-hydroxylation sites is 1. The van der Waals surface area contributed by atoms with Gasteiger partial charge in [-0.3, -0.25) is 0 Å². The second kappa shape index (κ2) is 6.09. The Balaban J connectivity index is 1.49. The summed E-state index contributed by atoms with van der Waals surface area (Å²) >= 11 is 3.34. The Kier molecular flexibility index (Phi) is 3.79. The van der Waals surface area contributed by atoms with Crippen LogP contribution < -0.4 is 15.0 Å². The number of aromatic nitrogens is 2. The van der Waals surface area contributed by atoms with Gasteiger partial charge in [0.15, 0.2) is 0 Å². The first-order valence-electron chi connectivity index (χ1n) is 9.09. The van der Waals surface area contributed by atoms with Gasteiger partial charge in [0, 0.05) is 30.5 Å². The molecule has 2 fully saturated rings. The Morgan fingerprint density at radius 2 is 1.96 bits per heavy atom. The molecule has 2 bridgehead atoms. The van der Waals surface area contributed by atoms with Gasteiger partial charge >= 0.3 is 6.09 Å². The van der Waals surface area contributed by atoms with E-state index in [0.29, 0.717) is 4.60 Å². The van der Waals surface area contributed by atoms with E-state index in [-0.39, 0.29) is 18.1 Å². The number of carboxylic acid groups (broad SMARTS) is 1. The Morgan fingerprint density at radius 3 is 2.63 bits per heavy atom. The SMILES string of the molecule is O=C(O)N[C@@H]1c2ccccc2O[C@@]12C[C@H]1CC[C@@H](C2)N1c1cnc(Br)cn1. The minimum atomic E-state index is -1.02. The van der Waals surface area contributed by atoms with Gasteiger partial charge in [0.1, 0.15) is 27.8 Å². The van der Waals surface area contributed by atoms with Crippen molar-refractivity contribution in [2.45, 2.75) is 49.4 Å². The molecule has 4 heterocycles. The zero-order valence-corrected chi connectivity index (χ0v) is 16.1. The van der Waals surface area contributed by atoms with Crippen molar-refractivity contribution < 1.29 is 14.6 Å². The van der Waals surface area contributed by atoms with Crippen LogP contribution in [0.15, 0.2) is 41.3 Å². The highest BCUT2D eigenvalue weighted by Gasteiger charge is 2.58. The summed E-state index contributed by atoms with van der Waals surface area (Å²) in [5, 5.41) is 12.1. The summed E-state index contributed by atoms with van der Waals surface area (Å²) in [5.41, 5.74) is 0.379. The average Bonchev–Trinajstić information content (AvgIpc) is 3.08. The molecular formula is C19H19BrN4O3. The molecule has 2 aromatic rings. The molecule has 0 saturated carbocycles. The first-order chi connectivity index (χ1) is 13.1. The van der Waals surface area contributed by atoms with Crippen molar-refractivity contribution in [1.29, 1.82) is 0 Å². The number of carbonyl (C=O) groups is 1. The van der Waals surface area contributed by atoms with Crippen LogP contribution in [0.4, 0.5) is 10.6 Å². The number of hydrogen-bond acceptors (Lipinski definition) is 5. The molecule has 0 radical (unpaired) electrons. The first-order valence-corrected chi connectivity index (χ1v) is 9.88. The van der Waals surface area contributed by atoms with E-state index >= 15 is 0 Å². The van der Waals surface area contributed by atoms with Crippen molar-refractivity contribution in [2.75, 3.05) is 4.90 Å². The van der Waals surface area contributed by atoms with Gasteiger partial charge in [-0.1, -0.05) is 18.2 Å². The van der Waals surface area contributed by atoms with Crippen LogP contribution >= 0.6 is 15.9 Å². The van der Waals surface area contributed by atoms with Crippen LogP contribution in [0.3, 0.4) is 0 Å². The Morgan fingerprint density at radius 1 is 1.22 bits per heavy atom. The molecular weight excluding hydrogens is 412 g/mol. The molecule has 1 aromatic heterocycles. The third kappa shape index (κ3) is 2.65. The summed E-state index contributed by atoms with van der Waals surface area (Å²) in [5.74, 6) is 1.66. The van der Waals surface area contributed by atoms with Gasteiger partial charge in [0.2, 0.25) is 0 Å². The molecule has 2 saturated heterocycles. The van der Waals surface area contributed by atoms with Gasteiger partial charge in [-0.25, -0.2) is 14.8 Å². The summed E-state index contributed by atoms with van der Waals surface area (Å²) in [4.78, 5) is 22.7. The van der Waals surface area contributed by atoms with Crippen molar-refractivity contribution >= 4 is 27.8 Å². The normalized spacial score (nSPS) is 30.9. The van der Waals surface area contributed by atoms with Crippen LogP contribution in [-0.4, -0.2) is 38.9 Å². The van der Waals surface area contributed by atoms with E-state index < -0.39 is 11.7 Å². The van der Waals surface area contributed by atoms with E-state index in [1.165, 1.54) is 0 Å². The van der Waals surface area contributed by atoms with E-state index in [1.54, 1.807) is 12.4 Å². The Hall–Kier alpha value is -2.35. The maximum absolute atomic E-state index is 11.5. The largest absolute Gasteiger partial charge is 0.484 e. The monoisotopic (exact) mass is 430 g/mol. The molecule has 5 rings (SSSR count). The van der Waals surface area contributed by atoms with Crippen LogP contribution in [0.25, 0.3) is 0 Å². The third-order valence-corrected chi connectivity index (χ3v) is 6.40. The summed E-state index contributed by atoms with van der Waals surface area (Å²) in [6.45, 7) is 0. The predicted octanol–water partition coefficient (Wildman–Crippen LogP) is 3.51. The van der Waals surface area contributed by atoms with Crippen molar-refractivity contribution in [3.63, 3.8) is 0 Å². The van der Waals surface area contributed by atoms with Crippen LogP contribution in [0.2, 0.25) is 0 Å². The maximum atomic E-state index is 11.5. The minimum Gasteiger partial charge on any atom is -0.484 e. The summed E-state index contributed by atoms with van der Waals surface area (Å²) in [6.07, 6.45) is 6.09. The molecule has 2 N–H and O–H groups in total. The zero-order chi connectivity index (χ0) is 18.6. The third-order valence-electron chi connectivity index (χ3n) is 5.99. The molecule has 3 aliphatic rings. The van der Waals surface area contributed by atoms with Gasteiger partial charge in [-0.2, -0.15) is 0 Å². The molecule has 0 aliphatic carbocycles. The highest BCUT2D eigenvalue weighted by Crippen LogP contribution is 2.54. The quantitative estimate of drug-likeness (QED) is 0.757. The molecule has 140 valence electrons. The Bertz CT molecular complexity index is 877. The van der Waals surface area contributed by atoms with Crippen molar-refractivity contribution in [3.05, 3.63) is 46.8 Å². The fourth-order valence-corrected chi connectivity index (χ4v) is 5.29. The van der Waals surface area contributed by atoms with Gasteiger partial charge in [0.25, 0.3) is 0 Å². The second-order valence-electron chi connectivity index (χ2n) is 7.49. The number of anilines is 1.